The third kappa shape index (κ3) is 4.73. The van der Waals surface area contributed by atoms with E-state index in [1.165, 1.54) is 10.6 Å². The van der Waals surface area contributed by atoms with E-state index in [1.54, 1.807) is 30.5 Å². The molecule has 0 atom stereocenters. The Morgan fingerprint density at radius 1 is 1.15 bits per heavy atom. The summed E-state index contributed by atoms with van der Waals surface area (Å²) in [6.07, 6.45) is 4.14. The molecule has 0 saturated heterocycles. The van der Waals surface area contributed by atoms with Crippen LogP contribution in [0.15, 0.2) is 47.1 Å². The van der Waals surface area contributed by atoms with Crippen LogP contribution in [0.5, 0.6) is 0 Å². The number of ether oxygens (including phenoxy) is 1. The number of benzene rings is 1. The zero-order valence-electron chi connectivity index (χ0n) is 18.8. The molecule has 4 rings (SSSR count). The van der Waals surface area contributed by atoms with E-state index < -0.39 is 22.6 Å². The van der Waals surface area contributed by atoms with Crippen molar-refractivity contribution in [3.63, 3.8) is 0 Å². The van der Waals surface area contributed by atoms with E-state index in [2.05, 4.69) is 0 Å². The minimum atomic E-state index is -3.38. The number of esters is 1. The van der Waals surface area contributed by atoms with Crippen molar-refractivity contribution >= 4 is 27.5 Å². The van der Waals surface area contributed by atoms with E-state index in [1.807, 2.05) is 30.5 Å². The molecule has 0 bridgehead atoms. The third-order valence-corrected chi connectivity index (χ3v) is 7.08. The fraction of sp³-hybridized carbons (Fsp3) is 0.333. The number of nitrogens with zero attached hydrogens (tertiary/aromatic N) is 2. The lowest BCUT2D eigenvalue weighted by molar-refractivity contribution is 0.0474. The Morgan fingerprint density at radius 2 is 1.94 bits per heavy atom. The Morgan fingerprint density at radius 3 is 2.64 bits per heavy atom. The fourth-order valence-electron chi connectivity index (χ4n) is 4.18. The predicted octanol–water partition coefficient (Wildman–Crippen LogP) is 3.50. The Labute approximate surface area is 192 Å². The highest BCUT2D eigenvalue weighted by Gasteiger charge is 2.25. The lowest BCUT2D eigenvalue weighted by Crippen LogP contribution is -2.34. The molecule has 0 radical (unpaired) electrons. The lowest BCUT2D eigenvalue weighted by Gasteiger charge is -2.29. The van der Waals surface area contributed by atoms with Crippen LogP contribution in [0.25, 0.3) is 0 Å². The molecule has 0 spiro atoms. The number of ketones is 1. The Bertz CT molecular complexity index is 1300. The molecular formula is C24H26N2O6S. The summed E-state index contributed by atoms with van der Waals surface area (Å²) in [6.45, 7) is 4.25. The van der Waals surface area contributed by atoms with Gasteiger partial charge in [-0.25, -0.2) is 13.2 Å². The smallest absolute Gasteiger partial charge is 0.340 e. The van der Waals surface area contributed by atoms with Crippen molar-refractivity contribution in [1.82, 2.24) is 4.57 Å². The number of carbonyl (C=O) groups is 2. The molecule has 3 aromatic rings. The molecule has 9 heteroatoms. The van der Waals surface area contributed by atoms with Crippen LogP contribution in [0, 0.1) is 13.8 Å². The maximum Gasteiger partial charge on any atom is 0.340 e. The molecule has 0 fully saturated rings. The number of aromatic nitrogens is 1. The summed E-state index contributed by atoms with van der Waals surface area (Å²) < 4.78 is 38.1. The minimum Gasteiger partial charge on any atom is -0.467 e. The molecule has 174 valence electrons. The van der Waals surface area contributed by atoms with Crippen molar-refractivity contribution in [2.24, 2.45) is 0 Å². The van der Waals surface area contributed by atoms with Crippen LogP contribution in [-0.4, -0.2) is 44.1 Å². The number of Topliss-reactive ketones (excluding diaryl/α,β-unsaturated/α-hetero) is 1. The van der Waals surface area contributed by atoms with Crippen molar-refractivity contribution in [1.29, 1.82) is 0 Å². The van der Waals surface area contributed by atoms with Crippen molar-refractivity contribution < 1.29 is 27.2 Å². The van der Waals surface area contributed by atoms with E-state index in [0.29, 0.717) is 42.7 Å². The number of carbonyl (C=O) groups excluding carboxylic acids is 2. The van der Waals surface area contributed by atoms with Crippen molar-refractivity contribution in [3.8, 4) is 0 Å². The van der Waals surface area contributed by atoms with Crippen LogP contribution in [0.3, 0.4) is 0 Å². The molecule has 8 nitrogen and oxygen atoms in total. The first-order chi connectivity index (χ1) is 15.6. The number of anilines is 1. The summed E-state index contributed by atoms with van der Waals surface area (Å²) in [6, 6.07) is 10.3. The van der Waals surface area contributed by atoms with E-state index >= 15 is 0 Å². The lowest BCUT2D eigenvalue weighted by atomic mass is 9.99. The first-order valence-electron chi connectivity index (χ1n) is 10.6. The van der Waals surface area contributed by atoms with Gasteiger partial charge in [0.2, 0.25) is 10.0 Å². The standard InChI is InChI=1S/C24H26N2O6S/c1-16-12-21(17(2)25(16)14-20-7-5-11-31-20)24(28)32-15-23(27)19-8-9-22-18(13-19)6-4-10-26(22)33(3,29)30/h5,7-9,11-13H,4,6,10,14-15H2,1-3H3. The molecule has 0 N–H and O–H groups in total. The molecule has 0 aliphatic carbocycles. The number of furan rings is 1. The Balaban J connectivity index is 1.45. The number of hydrogen-bond donors (Lipinski definition) is 0. The van der Waals surface area contributed by atoms with Gasteiger partial charge in [0.15, 0.2) is 12.4 Å². The first-order valence-corrected chi connectivity index (χ1v) is 12.5. The van der Waals surface area contributed by atoms with Crippen LogP contribution < -0.4 is 4.31 Å². The van der Waals surface area contributed by atoms with Gasteiger partial charge in [0.1, 0.15) is 5.76 Å². The number of sulfonamides is 1. The Hall–Kier alpha value is -3.33. The van der Waals surface area contributed by atoms with E-state index in [-0.39, 0.29) is 5.78 Å². The Kier molecular flexibility index (Phi) is 6.16. The number of hydrogen-bond acceptors (Lipinski definition) is 6. The second-order valence-corrected chi connectivity index (χ2v) is 10.1. The molecule has 0 amide bonds. The molecular weight excluding hydrogens is 444 g/mol. The monoisotopic (exact) mass is 470 g/mol. The molecule has 0 saturated carbocycles. The SMILES string of the molecule is Cc1cc(C(=O)OCC(=O)c2ccc3c(c2)CCCN3S(C)(=O)=O)c(C)n1Cc1ccco1. The van der Waals surface area contributed by atoms with Crippen LogP contribution >= 0.6 is 0 Å². The maximum absolute atomic E-state index is 12.7. The maximum atomic E-state index is 12.7. The van der Waals surface area contributed by atoms with Gasteiger partial charge in [-0.3, -0.25) is 9.10 Å². The largest absolute Gasteiger partial charge is 0.467 e. The molecule has 33 heavy (non-hydrogen) atoms. The minimum absolute atomic E-state index is 0.341. The zero-order chi connectivity index (χ0) is 23.8. The molecule has 2 aromatic heterocycles. The van der Waals surface area contributed by atoms with Crippen LogP contribution in [-0.2, 0) is 27.7 Å². The summed E-state index contributed by atoms with van der Waals surface area (Å²) in [5.41, 5.74) is 3.80. The molecule has 3 heterocycles. The first kappa shape index (κ1) is 22.8. The normalized spacial score (nSPS) is 13.6. The van der Waals surface area contributed by atoms with Crippen LogP contribution in [0.1, 0.15) is 49.8 Å². The summed E-state index contributed by atoms with van der Waals surface area (Å²) in [4.78, 5) is 25.4. The number of aryl methyl sites for hydroxylation is 2. The molecule has 1 aliphatic rings. The highest BCUT2D eigenvalue weighted by atomic mass is 32.2. The van der Waals surface area contributed by atoms with E-state index in [0.717, 1.165) is 22.7 Å². The summed E-state index contributed by atoms with van der Waals surface area (Å²) in [7, 11) is -3.38. The second kappa shape index (κ2) is 8.90. The van der Waals surface area contributed by atoms with Crippen LogP contribution in [0.2, 0.25) is 0 Å². The molecule has 1 aromatic carbocycles. The highest BCUT2D eigenvalue weighted by Crippen LogP contribution is 2.30. The van der Waals surface area contributed by atoms with Gasteiger partial charge in [-0.15, -0.1) is 0 Å². The quantitative estimate of drug-likeness (QED) is 0.387. The average Bonchev–Trinajstić information content (AvgIpc) is 3.39. The predicted molar refractivity (Wildman–Crippen MR) is 123 cm³/mol. The van der Waals surface area contributed by atoms with Gasteiger partial charge in [0.05, 0.1) is 30.3 Å². The molecule has 0 unspecified atom stereocenters. The van der Waals surface area contributed by atoms with Gasteiger partial charge >= 0.3 is 5.97 Å². The van der Waals surface area contributed by atoms with Gasteiger partial charge in [0, 0.05) is 23.5 Å². The highest BCUT2D eigenvalue weighted by molar-refractivity contribution is 7.92. The van der Waals surface area contributed by atoms with Gasteiger partial charge in [0.25, 0.3) is 0 Å². The third-order valence-electron chi connectivity index (χ3n) is 5.90. The van der Waals surface area contributed by atoms with Gasteiger partial charge in [-0.2, -0.15) is 0 Å². The van der Waals surface area contributed by atoms with Gasteiger partial charge in [-0.1, -0.05) is 0 Å². The topological polar surface area (TPSA) is 98.8 Å². The van der Waals surface area contributed by atoms with E-state index in [9.17, 15) is 18.0 Å². The van der Waals surface area contributed by atoms with Crippen molar-refractivity contribution in [3.05, 3.63) is 76.5 Å². The summed E-state index contributed by atoms with van der Waals surface area (Å²) >= 11 is 0. The van der Waals surface area contributed by atoms with E-state index in [4.69, 9.17) is 9.15 Å². The number of fused-ring (bicyclic) bond motifs is 1. The second-order valence-electron chi connectivity index (χ2n) is 8.23. The van der Waals surface area contributed by atoms with Crippen LogP contribution in [0.4, 0.5) is 5.69 Å². The fourth-order valence-corrected chi connectivity index (χ4v) is 5.18. The zero-order valence-corrected chi connectivity index (χ0v) is 19.6. The number of rotatable bonds is 7. The summed E-state index contributed by atoms with van der Waals surface area (Å²) in [5, 5.41) is 0. The van der Waals surface area contributed by atoms with Gasteiger partial charge in [-0.05, 0) is 68.7 Å². The van der Waals surface area contributed by atoms with Crippen molar-refractivity contribution in [2.45, 2.75) is 33.2 Å². The van der Waals surface area contributed by atoms with Crippen molar-refractivity contribution in [2.75, 3.05) is 23.7 Å². The average molecular weight is 471 g/mol. The summed E-state index contributed by atoms with van der Waals surface area (Å²) in [5.74, 6) is -0.135. The van der Waals surface area contributed by atoms with Gasteiger partial charge < -0.3 is 13.7 Å². The molecule has 1 aliphatic heterocycles.